The van der Waals surface area contributed by atoms with E-state index in [-0.39, 0.29) is 29.9 Å². The lowest BCUT2D eigenvalue weighted by Gasteiger charge is -2.19. The SMILES string of the molecule is CCOC(=O)c1cnn(C)c1NC(=O)CCCOc1ccc(C(C)(C)C)cc1. The molecule has 0 spiro atoms. The van der Waals surface area contributed by atoms with Gasteiger partial charge < -0.3 is 14.8 Å². The van der Waals surface area contributed by atoms with Gasteiger partial charge in [0.15, 0.2) is 0 Å². The average molecular weight is 387 g/mol. The summed E-state index contributed by atoms with van der Waals surface area (Å²) in [4.78, 5) is 24.1. The number of amides is 1. The number of esters is 1. The quantitative estimate of drug-likeness (QED) is 0.552. The Kier molecular flexibility index (Phi) is 7.20. The molecule has 28 heavy (non-hydrogen) atoms. The molecule has 1 aromatic heterocycles. The molecule has 7 heteroatoms. The lowest BCUT2D eigenvalue weighted by molar-refractivity contribution is -0.116. The first kappa shape index (κ1) is 21.5. The van der Waals surface area contributed by atoms with E-state index in [4.69, 9.17) is 9.47 Å². The molecular weight excluding hydrogens is 358 g/mol. The highest BCUT2D eigenvalue weighted by atomic mass is 16.5. The fourth-order valence-electron chi connectivity index (χ4n) is 2.61. The number of aromatic nitrogens is 2. The van der Waals surface area contributed by atoms with Gasteiger partial charge in [0.25, 0.3) is 0 Å². The molecule has 0 aliphatic carbocycles. The summed E-state index contributed by atoms with van der Waals surface area (Å²) in [5, 5.41) is 6.74. The van der Waals surface area contributed by atoms with Crippen LogP contribution in [-0.4, -0.2) is 34.9 Å². The number of ether oxygens (including phenoxy) is 2. The monoisotopic (exact) mass is 387 g/mol. The third-order valence-electron chi connectivity index (χ3n) is 4.23. The largest absolute Gasteiger partial charge is 0.494 e. The molecule has 0 aliphatic heterocycles. The third kappa shape index (κ3) is 5.84. The minimum Gasteiger partial charge on any atom is -0.494 e. The minimum absolute atomic E-state index is 0.102. The lowest BCUT2D eigenvalue weighted by atomic mass is 9.87. The zero-order valence-electron chi connectivity index (χ0n) is 17.2. The van der Waals surface area contributed by atoms with Crippen molar-refractivity contribution in [3.8, 4) is 5.75 Å². The van der Waals surface area contributed by atoms with Crippen molar-refractivity contribution in [2.24, 2.45) is 7.05 Å². The molecule has 152 valence electrons. The van der Waals surface area contributed by atoms with Crippen molar-refractivity contribution >= 4 is 17.7 Å². The van der Waals surface area contributed by atoms with Crippen LogP contribution in [0.25, 0.3) is 0 Å². The van der Waals surface area contributed by atoms with Crippen molar-refractivity contribution in [3.63, 3.8) is 0 Å². The third-order valence-corrected chi connectivity index (χ3v) is 4.23. The fourth-order valence-corrected chi connectivity index (χ4v) is 2.61. The second kappa shape index (κ2) is 9.39. The van der Waals surface area contributed by atoms with Gasteiger partial charge in [0.1, 0.15) is 17.1 Å². The maximum Gasteiger partial charge on any atom is 0.343 e. The number of nitrogens with one attached hydrogen (secondary N) is 1. The van der Waals surface area contributed by atoms with Gasteiger partial charge in [-0.25, -0.2) is 4.79 Å². The van der Waals surface area contributed by atoms with Crippen LogP contribution in [0.15, 0.2) is 30.5 Å². The van der Waals surface area contributed by atoms with E-state index in [2.05, 4.69) is 43.3 Å². The summed E-state index contributed by atoms with van der Waals surface area (Å²) in [7, 11) is 1.66. The molecule has 0 unspecified atom stereocenters. The Morgan fingerprint density at radius 1 is 1.18 bits per heavy atom. The van der Waals surface area contributed by atoms with Crippen molar-refractivity contribution < 1.29 is 19.1 Å². The number of hydrogen-bond acceptors (Lipinski definition) is 5. The van der Waals surface area contributed by atoms with Crippen molar-refractivity contribution in [2.75, 3.05) is 18.5 Å². The van der Waals surface area contributed by atoms with Gasteiger partial charge in [-0.2, -0.15) is 5.10 Å². The molecule has 1 heterocycles. The molecule has 2 rings (SSSR count). The summed E-state index contributed by atoms with van der Waals surface area (Å²) in [6, 6.07) is 8.01. The standard InChI is InChI=1S/C21H29N3O4/c1-6-27-20(26)17-14-22-24(5)19(17)23-18(25)8-7-13-28-16-11-9-15(10-12-16)21(2,3)4/h9-12,14H,6-8,13H2,1-5H3,(H,23,25). The molecule has 0 aliphatic rings. The zero-order chi connectivity index (χ0) is 20.7. The number of anilines is 1. The molecule has 0 fully saturated rings. The van der Waals surface area contributed by atoms with E-state index in [0.717, 1.165) is 5.75 Å². The topological polar surface area (TPSA) is 82.5 Å². The van der Waals surface area contributed by atoms with Crippen LogP contribution < -0.4 is 10.1 Å². The summed E-state index contributed by atoms with van der Waals surface area (Å²) in [5.74, 6) is 0.403. The van der Waals surface area contributed by atoms with Crippen LogP contribution in [0, 0.1) is 0 Å². The molecule has 0 saturated heterocycles. The Balaban J connectivity index is 1.81. The van der Waals surface area contributed by atoms with Crippen molar-refractivity contribution in [2.45, 2.75) is 46.0 Å². The lowest BCUT2D eigenvalue weighted by Crippen LogP contribution is -2.18. The predicted octanol–water partition coefficient (Wildman–Crippen LogP) is 3.69. The molecule has 2 aromatic rings. The number of hydrogen-bond donors (Lipinski definition) is 1. The molecule has 0 atom stereocenters. The smallest absolute Gasteiger partial charge is 0.343 e. The van der Waals surface area contributed by atoms with Crippen LogP contribution in [0.5, 0.6) is 5.75 Å². The van der Waals surface area contributed by atoms with E-state index in [9.17, 15) is 9.59 Å². The number of nitrogens with zero attached hydrogens (tertiary/aromatic N) is 2. The van der Waals surface area contributed by atoms with E-state index in [0.29, 0.717) is 18.8 Å². The van der Waals surface area contributed by atoms with E-state index in [1.54, 1.807) is 14.0 Å². The molecule has 0 radical (unpaired) electrons. The van der Waals surface area contributed by atoms with E-state index in [1.165, 1.54) is 16.4 Å². The van der Waals surface area contributed by atoms with Crippen LogP contribution in [0.4, 0.5) is 5.82 Å². The average Bonchev–Trinajstić information content (AvgIpc) is 2.99. The van der Waals surface area contributed by atoms with E-state index < -0.39 is 5.97 Å². The van der Waals surface area contributed by atoms with Gasteiger partial charge in [-0.05, 0) is 36.5 Å². The maximum absolute atomic E-state index is 12.2. The highest BCUT2D eigenvalue weighted by molar-refractivity contribution is 6.00. The summed E-state index contributed by atoms with van der Waals surface area (Å²) in [6.07, 6.45) is 2.21. The number of rotatable bonds is 8. The normalized spacial score (nSPS) is 11.2. The molecular formula is C21H29N3O4. The Bertz CT molecular complexity index is 804. The number of aryl methyl sites for hydroxylation is 1. The summed E-state index contributed by atoms with van der Waals surface area (Å²) in [5.41, 5.74) is 1.59. The van der Waals surface area contributed by atoms with Crippen LogP contribution in [0.1, 0.15) is 56.5 Å². The Hall–Kier alpha value is -2.83. The van der Waals surface area contributed by atoms with E-state index >= 15 is 0 Å². The number of carbonyl (C=O) groups is 2. The van der Waals surface area contributed by atoms with Gasteiger partial charge in [-0.1, -0.05) is 32.9 Å². The maximum atomic E-state index is 12.2. The summed E-state index contributed by atoms with van der Waals surface area (Å²) < 4.78 is 12.1. The molecule has 1 N–H and O–H groups in total. The summed E-state index contributed by atoms with van der Waals surface area (Å²) in [6.45, 7) is 8.90. The molecule has 0 bridgehead atoms. The highest BCUT2D eigenvalue weighted by Gasteiger charge is 2.19. The van der Waals surface area contributed by atoms with Gasteiger partial charge in [0.05, 0.1) is 19.4 Å². The van der Waals surface area contributed by atoms with Gasteiger partial charge in [0, 0.05) is 13.5 Å². The fraction of sp³-hybridized carbons (Fsp3) is 0.476. The van der Waals surface area contributed by atoms with Gasteiger partial charge >= 0.3 is 5.97 Å². The van der Waals surface area contributed by atoms with E-state index in [1.807, 2.05) is 12.1 Å². The van der Waals surface area contributed by atoms with Crippen molar-refractivity contribution in [1.82, 2.24) is 9.78 Å². The first-order valence-corrected chi connectivity index (χ1v) is 9.44. The van der Waals surface area contributed by atoms with Crippen LogP contribution in [0.2, 0.25) is 0 Å². The Morgan fingerprint density at radius 3 is 2.46 bits per heavy atom. The number of benzene rings is 1. The van der Waals surface area contributed by atoms with Crippen molar-refractivity contribution in [1.29, 1.82) is 0 Å². The predicted molar refractivity (Wildman–Crippen MR) is 108 cm³/mol. The first-order chi connectivity index (χ1) is 13.2. The zero-order valence-corrected chi connectivity index (χ0v) is 17.2. The molecule has 1 amide bonds. The molecule has 1 aromatic carbocycles. The molecule has 0 saturated carbocycles. The Morgan fingerprint density at radius 2 is 1.86 bits per heavy atom. The van der Waals surface area contributed by atoms with Crippen LogP contribution in [0.3, 0.4) is 0 Å². The first-order valence-electron chi connectivity index (χ1n) is 9.44. The second-order valence-corrected chi connectivity index (χ2v) is 7.53. The summed E-state index contributed by atoms with van der Waals surface area (Å²) >= 11 is 0. The highest BCUT2D eigenvalue weighted by Crippen LogP contribution is 2.24. The number of carbonyl (C=O) groups excluding carboxylic acids is 2. The van der Waals surface area contributed by atoms with Crippen molar-refractivity contribution in [3.05, 3.63) is 41.6 Å². The Labute approximate surface area is 166 Å². The minimum atomic E-state index is -0.507. The van der Waals surface area contributed by atoms with Gasteiger partial charge in [0.2, 0.25) is 5.91 Å². The van der Waals surface area contributed by atoms with Gasteiger partial charge in [-0.15, -0.1) is 0 Å². The van der Waals surface area contributed by atoms with Crippen LogP contribution >= 0.6 is 0 Å². The van der Waals surface area contributed by atoms with Gasteiger partial charge in [-0.3, -0.25) is 9.48 Å². The second-order valence-electron chi connectivity index (χ2n) is 7.53. The molecule has 7 nitrogen and oxygen atoms in total. The van der Waals surface area contributed by atoms with Crippen LogP contribution in [-0.2, 0) is 22.0 Å².